The van der Waals surface area contributed by atoms with Crippen LogP contribution in [0.2, 0.25) is 0 Å². The van der Waals surface area contributed by atoms with Gasteiger partial charge in [-0.3, -0.25) is 0 Å². The number of hydrogen-bond donors (Lipinski definition) is 1. The van der Waals surface area contributed by atoms with Crippen molar-refractivity contribution in [1.29, 1.82) is 0 Å². The smallest absolute Gasteiger partial charge is 0.197 e. The van der Waals surface area contributed by atoms with Crippen molar-refractivity contribution in [2.24, 2.45) is 0 Å². The number of fused-ring (bicyclic) bond motifs is 1. The van der Waals surface area contributed by atoms with Crippen molar-refractivity contribution in [2.45, 2.75) is 0 Å². The molecule has 0 N–H and O–H groups in total. The van der Waals surface area contributed by atoms with Gasteiger partial charge in [-0.15, -0.1) is 0 Å². The van der Waals surface area contributed by atoms with Gasteiger partial charge in [0.05, 0.1) is 8.98 Å². The third-order valence-corrected chi connectivity index (χ3v) is 3.25. The second-order valence-corrected chi connectivity index (χ2v) is 5.08. The van der Waals surface area contributed by atoms with Gasteiger partial charge in [-0.2, -0.15) is 12.6 Å². The maximum atomic E-state index is 5.71. The van der Waals surface area contributed by atoms with Crippen LogP contribution in [-0.4, -0.2) is 19.3 Å². The van der Waals surface area contributed by atoms with E-state index in [4.69, 9.17) is 21.1 Å². The SMILES string of the molecule is CN(CCS)c1cc(=S)c2occ(Br)c2o1. The van der Waals surface area contributed by atoms with Gasteiger partial charge in [0.1, 0.15) is 6.26 Å². The highest BCUT2D eigenvalue weighted by molar-refractivity contribution is 9.10. The van der Waals surface area contributed by atoms with Crippen molar-refractivity contribution in [2.75, 3.05) is 24.2 Å². The summed E-state index contributed by atoms with van der Waals surface area (Å²) in [4.78, 5) is 1.96. The van der Waals surface area contributed by atoms with E-state index < -0.39 is 0 Å². The number of rotatable bonds is 3. The molecule has 0 spiro atoms. The van der Waals surface area contributed by atoms with Crippen LogP contribution in [-0.2, 0) is 0 Å². The summed E-state index contributed by atoms with van der Waals surface area (Å²) >= 11 is 12.8. The van der Waals surface area contributed by atoms with Crippen LogP contribution in [0.5, 0.6) is 0 Å². The quantitative estimate of drug-likeness (QED) is 0.686. The van der Waals surface area contributed by atoms with Gasteiger partial charge in [0, 0.05) is 25.4 Å². The zero-order chi connectivity index (χ0) is 11.7. The molecule has 0 radical (unpaired) electrons. The molecule has 0 aromatic carbocycles. The summed E-state index contributed by atoms with van der Waals surface area (Å²) in [6, 6.07) is 1.79. The highest BCUT2D eigenvalue weighted by atomic mass is 79.9. The minimum Gasteiger partial charge on any atom is -0.458 e. The van der Waals surface area contributed by atoms with Crippen molar-refractivity contribution in [3.8, 4) is 0 Å². The molecule has 0 unspecified atom stereocenters. The van der Waals surface area contributed by atoms with E-state index in [1.54, 1.807) is 12.3 Å². The number of halogens is 1. The Hall–Kier alpha value is -0.460. The summed E-state index contributed by atoms with van der Waals surface area (Å²) < 4.78 is 12.4. The molecule has 6 heteroatoms. The van der Waals surface area contributed by atoms with E-state index in [1.165, 1.54) is 0 Å². The summed E-state index contributed by atoms with van der Waals surface area (Å²) in [7, 11) is 1.93. The van der Waals surface area contributed by atoms with Crippen molar-refractivity contribution in [1.82, 2.24) is 0 Å². The highest BCUT2D eigenvalue weighted by Gasteiger charge is 2.11. The predicted molar refractivity (Wildman–Crippen MR) is 74.1 cm³/mol. The molecule has 2 aromatic heterocycles. The fourth-order valence-corrected chi connectivity index (χ4v) is 2.25. The van der Waals surface area contributed by atoms with Crippen molar-refractivity contribution >= 4 is 57.8 Å². The lowest BCUT2D eigenvalue weighted by molar-refractivity contribution is 0.573. The molecule has 2 heterocycles. The third kappa shape index (κ3) is 2.14. The van der Waals surface area contributed by atoms with Crippen molar-refractivity contribution in [3.63, 3.8) is 0 Å². The van der Waals surface area contributed by atoms with E-state index in [-0.39, 0.29) is 0 Å². The molecule has 16 heavy (non-hydrogen) atoms. The number of furan rings is 1. The van der Waals surface area contributed by atoms with Crippen LogP contribution in [0.1, 0.15) is 0 Å². The normalized spacial score (nSPS) is 10.9. The topological polar surface area (TPSA) is 29.5 Å². The Bertz CT molecular complexity index is 563. The molecule has 0 atom stereocenters. The summed E-state index contributed by atoms with van der Waals surface area (Å²) in [5, 5.41) is 0. The maximum Gasteiger partial charge on any atom is 0.197 e. The molecule has 0 bridgehead atoms. The Morgan fingerprint density at radius 1 is 1.50 bits per heavy atom. The monoisotopic (exact) mass is 319 g/mol. The first-order valence-corrected chi connectivity index (χ1v) is 6.49. The van der Waals surface area contributed by atoms with Gasteiger partial charge in [0.25, 0.3) is 0 Å². The molecule has 0 aliphatic heterocycles. The number of hydrogen-bond acceptors (Lipinski definition) is 5. The van der Waals surface area contributed by atoms with Gasteiger partial charge in [0.2, 0.25) is 0 Å². The summed E-state index contributed by atoms with van der Waals surface area (Å²) in [5.74, 6) is 1.47. The lowest BCUT2D eigenvalue weighted by atomic mass is 10.4. The first-order chi connectivity index (χ1) is 7.63. The van der Waals surface area contributed by atoms with Crippen LogP contribution in [0.3, 0.4) is 0 Å². The van der Waals surface area contributed by atoms with Crippen LogP contribution < -0.4 is 4.90 Å². The highest BCUT2D eigenvalue weighted by Crippen LogP contribution is 2.30. The van der Waals surface area contributed by atoms with Crippen molar-refractivity contribution < 1.29 is 8.83 Å². The molecule has 0 saturated heterocycles. The zero-order valence-electron chi connectivity index (χ0n) is 8.57. The van der Waals surface area contributed by atoms with Gasteiger partial charge in [-0.1, -0.05) is 12.2 Å². The molecule has 0 aliphatic carbocycles. The van der Waals surface area contributed by atoms with Gasteiger partial charge >= 0.3 is 0 Å². The van der Waals surface area contributed by atoms with Gasteiger partial charge in [-0.25, -0.2) is 0 Å². The van der Waals surface area contributed by atoms with E-state index in [9.17, 15) is 0 Å². The number of anilines is 1. The number of thiol groups is 1. The van der Waals surface area contributed by atoms with Gasteiger partial charge in [0.15, 0.2) is 17.1 Å². The largest absolute Gasteiger partial charge is 0.458 e. The summed E-state index contributed by atoms with van der Waals surface area (Å²) in [6.45, 7) is 0.794. The first kappa shape index (κ1) is 12.0. The van der Waals surface area contributed by atoms with Crippen molar-refractivity contribution in [3.05, 3.63) is 21.3 Å². The van der Waals surface area contributed by atoms with E-state index in [2.05, 4.69) is 28.6 Å². The van der Waals surface area contributed by atoms with E-state index in [1.807, 2.05) is 11.9 Å². The maximum absolute atomic E-state index is 5.71. The Morgan fingerprint density at radius 2 is 2.25 bits per heavy atom. The first-order valence-electron chi connectivity index (χ1n) is 4.66. The average Bonchev–Trinajstić information content (AvgIpc) is 2.61. The molecule has 0 amide bonds. The van der Waals surface area contributed by atoms with Crippen LogP contribution >= 0.6 is 40.8 Å². The average molecular weight is 320 g/mol. The van der Waals surface area contributed by atoms with Gasteiger partial charge in [-0.05, 0) is 15.9 Å². The molecule has 86 valence electrons. The predicted octanol–water partition coefficient (Wildman–Crippen LogP) is 3.88. The lowest BCUT2D eigenvalue weighted by Gasteiger charge is -2.15. The fourth-order valence-electron chi connectivity index (χ4n) is 1.35. The Morgan fingerprint density at radius 3 is 2.94 bits per heavy atom. The minimum atomic E-state index is 0.602. The fraction of sp³-hybridized carbons (Fsp3) is 0.300. The zero-order valence-corrected chi connectivity index (χ0v) is 11.9. The van der Waals surface area contributed by atoms with Crippen LogP contribution in [0, 0.1) is 4.51 Å². The molecule has 0 aliphatic rings. The Labute approximate surface area is 112 Å². The summed E-state index contributed by atoms with van der Waals surface area (Å²) in [6.07, 6.45) is 1.58. The molecule has 2 rings (SSSR count). The third-order valence-electron chi connectivity index (χ3n) is 2.20. The number of nitrogens with zero attached hydrogens (tertiary/aromatic N) is 1. The van der Waals surface area contributed by atoms with E-state index in [0.29, 0.717) is 21.6 Å². The molecule has 0 saturated carbocycles. The molecule has 2 aromatic rings. The van der Waals surface area contributed by atoms with Crippen LogP contribution in [0.15, 0.2) is 25.6 Å². The molecule has 0 fully saturated rings. The summed E-state index contributed by atoms with van der Waals surface area (Å²) in [5.41, 5.74) is 1.25. The Kier molecular flexibility index (Phi) is 3.61. The van der Waals surface area contributed by atoms with Crippen LogP contribution in [0.4, 0.5) is 5.88 Å². The standard InChI is InChI=1S/C10H10BrNO2S2/c1-12(2-3-15)8-4-7(16)10-9(14-8)6(11)5-13-10/h4-5,15H,2-3H2,1H3. The second-order valence-electron chi connectivity index (χ2n) is 3.34. The van der Waals surface area contributed by atoms with E-state index in [0.717, 1.165) is 16.8 Å². The molecule has 3 nitrogen and oxygen atoms in total. The Balaban J connectivity index is 2.56. The second kappa shape index (κ2) is 4.81. The van der Waals surface area contributed by atoms with Gasteiger partial charge < -0.3 is 13.7 Å². The lowest BCUT2D eigenvalue weighted by Crippen LogP contribution is -2.19. The molecular weight excluding hydrogens is 310 g/mol. The molecular formula is C10H10BrNO2S2. The van der Waals surface area contributed by atoms with Crippen LogP contribution in [0.25, 0.3) is 11.2 Å². The van der Waals surface area contributed by atoms with E-state index >= 15 is 0 Å². The minimum absolute atomic E-state index is 0.602.